The first-order valence-electron chi connectivity index (χ1n) is 12.2. The second kappa shape index (κ2) is 12.8. The summed E-state index contributed by atoms with van der Waals surface area (Å²) in [6.45, 7) is 7.02. The summed E-state index contributed by atoms with van der Waals surface area (Å²) in [6, 6.07) is 26.2. The van der Waals surface area contributed by atoms with Crippen LogP contribution in [0.3, 0.4) is 0 Å². The predicted molar refractivity (Wildman–Crippen MR) is 150 cm³/mol. The molecule has 0 aliphatic heterocycles. The quantitative estimate of drug-likeness (QED) is 0.127. The Balaban J connectivity index is 2.02. The van der Waals surface area contributed by atoms with Crippen LogP contribution in [0.2, 0.25) is 0 Å². The van der Waals surface area contributed by atoms with Crippen molar-refractivity contribution >= 4 is 28.7 Å². The number of allylic oxidation sites excluding steroid dienone is 1. The van der Waals surface area contributed by atoms with Crippen molar-refractivity contribution in [2.45, 2.75) is 27.2 Å². The van der Waals surface area contributed by atoms with Gasteiger partial charge in [-0.2, -0.15) is 0 Å². The van der Waals surface area contributed by atoms with Crippen LogP contribution in [-0.4, -0.2) is 44.0 Å². The van der Waals surface area contributed by atoms with Gasteiger partial charge in [0, 0.05) is 12.4 Å². The molecule has 0 saturated heterocycles. The molecule has 0 aromatic heterocycles. The Kier molecular flexibility index (Phi) is 9.74. The standard InChI is InChI=1S/C31H36ClNO3/c1-31(2,3)30(34)36-27-17-13-25(14-18-27)29(28(19-20-32)23-9-7-6-8-10-23)24-11-15-26(16-12-24)35-22-21-33(4)5/h6-18H,19-22H2,1-5H3. The fraction of sp³-hybridized carbons (Fsp3) is 0.323. The van der Waals surface area contributed by atoms with Crippen molar-refractivity contribution in [3.05, 3.63) is 95.6 Å². The molecule has 0 spiro atoms. The number of halogens is 1. The summed E-state index contributed by atoms with van der Waals surface area (Å²) in [6.07, 6.45) is 0.711. The SMILES string of the molecule is CN(C)CCOc1ccc(C(=C(CCCl)c2ccccc2)c2ccc(OC(=O)C(C)(C)C)cc2)cc1. The molecule has 0 aliphatic rings. The Labute approximate surface area is 220 Å². The van der Waals surface area contributed by atoms with Crippen LogP contribution in [0.5, 0.6) is 11.5 Å². The zero-order chi connectivity index (χ0) is 26.1. The van der Waals surface area contributed by atoms with E-state index < -0.39 is 5.41 Å². The summed E-state index contributed by atoms with van der Waals surface area (Å²) in [7, 11) is 4.06. The summed E-state index contributed by atoms with van der Waals surface area (Å²) in [5.74, 6) is 1.60. The molecule has 0 bridgehead atoms. The van der Waals surface area contributed by atoms with Crippen molar-refractivity contribution in [2.24, 2.45) is 5.41 Å². The molecule has 3 aromatic carbocycles. The fourth-order valence-electron chi connectivity index (χ4n) is 3.68. The maximum Gasteiger partial charge on any atom is 0.316 e. The lowest BCUT2D eigenvalue weighted by Crippen LogP contribution is -2.25. The van der Waals surface area contributed by atoms with Crippen molar-refractivity contribution in [2.75, 3.05) is 33.1 Å². The summed E-state index contributed by atoms with van der Waals surface area (Å²) in [4.78, 5) is 14.4. The molecule has 0 aliphatic carbocycles. The summed E-state index contributed by atoms with van der Waals surface area (Å²) in [5, 5.41) is 0. The lowest BCUT2D eigenvalue weighted by atomic mass is 9.88. The molecule has 4 nitrogen and oxygen atoms in total. The monoisotopic (exact) mass is 505 g/mol. The molecule has 3 rings (SSSR count). The highest BCUT2D eigenvalue weighted by atomic mass is 35.5. The Morgan fingerprint density at radius 1 is 0.806 bits per heavy atom. The third kappa shape index (κ3) is 7.71. The van der Waals surface area contributed by atoms with Gasteiger partial charge in [-0.05, 0) is 93.4 Å². The van der Waals surface area contributed by atoms with Crippen LogP contribution in [0.4, 0.5) is 0 Å². The van der Waals surface area contributed by atoms with Gasteiger partial charge in [0.15, 0.2) is 0 Å². The summed E-state index contributed by atoms with van der Waals surface area (Å²) < 4.78 is 11.5. The van der Waals surface area contributed by atoms with Gasteiger partial charge >= 0.3 is 5.97 Å². The zero-order valence-corrected chi connectivity index (χ0v) is 22.6. The van der Waals surface area contributed by atoms with Gasteiger partial charge in [-0.25, -0.2) is 0 Å². The molecular weight excluding hydrogens is 470 g/mol. The zero-order valence-electron chi connectivity index (χ0n) is 21.9. The third-order valence-electron chi connectivity index (χ3n) is 5.68. The average Bonchev–Trinajstić information content (AvgIpc) is 2.85. The smallest absolute Gasteiger partial charge is 0.316 e. The lowest BCUT2D eigenvalue weighted by Gasteiger charge is -2.19. The molecule has 0 amide bonds. The van der Waals surface area contributed by atoms with Gasteiger partial charge < -0.3 is 14.4 Å². The van der Waals surface area contributed by atoms with Crippen molar-refractivity contribution in [1.29, 1.82) is 0 Å². The van der Waals surface area contributed by atoms with Crippen molar-refractivity contribution in [1.82, 2.24) is 4.90 Å². The minimum absolute atomic E-state index is 0.261. The lowest BCUT2D eigenvalue weighted by molar-refractivity contribution is -0.142. The number of alkyl halides is 1. The molecule has 0 heterocycles. The number of rotatable bonds is 10. The maximum atomic E-state index is 12.3. The molecule has 36 heavy (non-hydrogen) atoms. The number of hydrogen-bond donors (Lipinski definition) is 0. The van der Waals surface area contributed by atoms with Crippen LogP contribution in [0, 0.1) is 5.41 Å². The molecule has 0 saturated carbocycles. The number of esters is 1. The van der Waals surface area contributed by atoms with E-state index in [1.807, 2.05) is 89.5 Å². The van der Waals surface area contributed by atoms with Gasteiger partial charge in [-0.3, -0.25) is 4.79 Å². The third-order valence-corrected chi connectivity index (χ3v) is 5.87. The molecule has 190 valence electrons. The van der Waals surface area contributed by atoms with Crippen LogP contribution in [0.25, 0.3) is 11.1 Å². The second-order valence-electron chi connectivity index (χ2n) is 10.00. The molecule has 5 heteroatoms. The van der Waals surface area contributed by atoms with E-state index in [9.17, 15) is 4.79 Å². The van der Waals surface area contributed by atoms with Gasteiger partial charge in [-0.1, -0.05) is 54.6 Å². The Bertz CT molecular complexity index is 1150. The molecule has 0 atom stereocenters. The molecule has 0 N–H and O–H groups in total. The van der Waals surface area contributed by atoms with Crippen LogP contribution in [0.15, 0.2) is 78.9 Å². The minimum atomic E-state index is -0.569. The minimum Gasteiger partial charge on any atom is -0.492 e. The van der Waals surface area contributed by atoms with Crippen LogP contribution >= 0.6 is 11.6 Å². The number of carbonyl (C=O) groups is 1. The topological polar surface area (TPSA) is 38.8 Å². The van der Waals surface area contributed by atoms with Gasteiger partial charge in [-0.15, -0.1) is 11.6 Å². The van der Waals surface area contributed by atoms with Gasteiger partial charge in [0.05, 0.1) is 5.41 Å². The van der Waals surface area contributed by atoms with Gasteiger partial charge in [0.1, 0.15) is 18.1 Å². The number of likely N-dealkylation sites (N-methyl/N-ethyl adjacent to an activating group) is 1. The number of hydrogen-bond acceptors (Lipinski definition) is 4. The number of benzene rings is 3. The van der Waals surface area contributed by atoms with Crippen LogP contribution in [0.1, 0.15) is 43.9 Å². The van der Waals surface area contributed by atoms with Crippen molar-refractivity contribution in [3.63, 3.8) is 0 Å². The Hall–Kier alpha value is -3.08. The second-order valence-corrected chi connectivity index (χ2v) is 10.4. The Morgan fingerprint density at radius 3 is 1.86 bits per heavy atom. The maximum absolute atomic E-state index is 12.3. The van der Waals surface area contributed by atoms with E-state index in [0.29, 0.717) is 24.7 Å². The molecule has 3 aromatic rings. The molecule has 0 unspecified atom stereocenters. The van der Waals surface area contributed by atoms with E-state index in [4.69, 9.17) is 21.1 Å². The summed E-state index contributed by atoms with van der Waals surface area (Å²) >= 11 is 6.28. The summed E-state index contributed by atoms with van der Waals surface area (Å²) in [5.41, 5.74) is 4.90. The van der Waals surface area contributed by atoms with E-state index in [0.717, 1.165) is 40.1 Å². The highest BCUT2D eigenvalue weighted by Crippen LogP contribution is 2.36. The highest BCUT2D eigenvalue weighted by molar-refractivity contribution is 6.18. The molecular formula is C31H36ClNO3. The largest absolute Gasteiger partial charge is 0.492 e. The average molecular weight is 506 g/mol. The van der Waals surface area contributed by atoms with E-state index in [1.54, 1.807) is 0 Å². The first-order valence-corrected chi connectivity index (χ1v) is 12.8. The van der Waals surface area contributed by atoms with E-state index in [2.05, 4.69) is 29.2 Å². The van der Waals surface area contributed by atoms with E-state index >= 15 is 0 Å². The van der Waals surface area contributed by atoms with Crippen molar-refractivity contribution in [3.8, 4) is 11.5 Å². The first kappa shape index (κ1) is 27.5. The first-order chi connectivity index (χ1) is 17.2. The number of carbonyl (C=O) groups excluding carboxylic acids is 1. The highest BCUT2D eigenvalue weighted by Gasteiger charge is 2.24. The number of ether oxygens (including phenoxy) is 2. The van der Waals surface area contributed by atoms with E-state index in [-0.39, 0.29) is 5.97 Å². The number of nitrogens with zero attached hydrogens (tertiary/aromatic N) is 1. The Morgan fingerprint density at radius 2 is 1.36 bits per heavy atom. The van der Waals surface area contributed by atoms with Crippen LogP contribution < -0.4 is 9.47 Å². The van der Waals surface area contributed by atoms with Gasteiger partial charge in [0.25, 0.3) is 0 Å². The van der Waals surface area contributed by atoms with Gasteiger partial charge in [0.2, 0.25) is 0 Å². The normalized spacial score (nSPS) is 12.3. The molecule has 0 fully saturated rings. The van der Waals surface area contributed by atoms with Crippen LogP contribution in [-0.2, 0) is 4.79 Å². The predicted octanol–water partition coefficient (Wildman–Crippen LogP) is 7.17. The van der Waals surface area contributed by atoms with Crippen molar-refractivity contribution < 1.29 is 14.3 Å². The van der Waals surface area contributed by atoms with E-state index in [1.165, 1.54) is 0 Å². The fourth-order valence-corrected chi connectivity index (χ4v) is 3.87. The molecule has 0 radical (unpaired) electrons.